The number of hydrogen-bond donors (Lipinski definition) is 0. The number of benzene rings is 1. The molecular weight excluding hydrogens is 278 g/mol. The van der Waals surface area contributed by atoms with Crippen molar-refractivity contribution in [3.8, 4) is 5.75 Å². The van der Waals surface area contributed by atoms with E-state index in [9.17, 15) is 0 Å². The predicted octanol–water partition coefficient (Wildman–Crippen LogP) is 3.68. The average Bonchev–Trinajstić information content (AvgIpc) is 2.61. The van der Waals surface area contributed by atoms with Gasteiger partial charge in [0.25, 0.3) is 0 Å². The fourth-order valence-electron chi connectivity index (χ4n) is 3.30. The molecule has 2 unspecified atom stereocenters. The van der Waals surface area contributed by atoms with Gasteiger partial charge >= 0.3 is 0 Å². The van der Waals surface area contributed by atoms with Gasteiger partial charge in [-0.25, -0.2) is 4.99 Å². The summed E-state index contributed by atoms with van der Waals surface area (Å²) in [5.41, 5.74) is 3.59. The van der Waals surface area contributed by atoms with E-state index >= 15 is 0 Å². The highest BCUT2D eigenvalue weighted by molar-refractivity contribution is 5.56. The summed E-state index contributed by atoms with van der Waals surface area (Å²) >= 11 is 0. The van der Waals surface area contributed by atoms with Crippen LogP contribution in [0.1, 0.15) is 24.3 Å². The lowest BCUT2D eigenvalue weighted by Crippen LogP contribution is -2.32. The van der Waals surface area contributed by atoms with Crippen molar-refractivity contribution in [2.45, 2.75) is 24.9 Å². The Morgan fingerprint density at radius 2 is 2.09 bits per heavy atom. The van der Waals surface area contributed by atoms with Crippen molar-refractivity contribution in [1.29, 1.82) is 0 Å². The minimum atomic E-state index is -0.0452. The topological polar surface area (TPSA) is 40.0 Å². The molecule has 0 radical (unpaired) electrons. The van der Waals surface area contributed by atoms with Gasteiger partial charge in [0.15, 0.2) is 6.40 Å². The number of rotatable bonds is 2. The lowest BCUT2D eigenvalue weighted by Gasteiger charge is -2.37. The molecular formula is C18H17NO3. The van der Waals surface area contributed by atoms with E-state index in [0.29, 0.717) is 0 Å². The third-order valence-corrected chi connectivity index (χ3v) is 4.39. The number of ether oxygens (including phenoxy) is 3. The molecule has 2 atom stereocenters. The summed E-state index contributed by atoms with van der Waals surface area (Å²) in [5, 5.41) is 0. The molecule has 4 nitrogen and oxygen atoms in total. The van der Waals surface area contributed by atoms with E-state index in [1.807, 2.05) is 18.3 Å². The van der Waals surface area contributed by atoms with Crippen LogP contribution >= 0.6 is 0 Å². The second-order valence-electron chi connectivity index (χ2n) is 5.61. The van der Waals surface area contributed by atoms with Crippen molar-refractivity contribution < 1.29 is 14.2 Å². The Hall–Kier alpha value is -2.49. The highest BCUT2D eigenvalue weighted by Gasteiger charge is 2.38. The molecule has 0 fully saturated rings. The molecule has 22 heavy (non-hydrogen) atoms. The first kappa shape index (κ1) is 13.2. The molecule has 1 aromatic rings. The molecule has 4 heteroatoms. The normalized spacial score (nSPS) is 25.6. The Morgan fingerprint density at radius 3 is 2.91 bits per heavy atom. The van der Waals surface area contributed by atoms with Crippen LogP contribution in [0.25, 0.3) is 0 Å². The van der Waals surface area contributed by atoms with Gasteiger partial charge in [-0.3, -0.25) is 0 Å². The van der Waals surface area contributed by atoms with Crippen molar-refractivity contribution in [2.24, 2.45) is 4.99 Å². The Morgan fingerprint density at radius 1 is 1.23 bits per heavy atom. The van der Waals surface area contributed by atoms with E-state index in [1.54, 1.807) is 13.4 Å². The highest BCUT2D eigenvalue weighted by atomic mass is 16.5. The third kappa shape index (κ3) is 2.11. The summed E-state index contributed by atoms with van der Waals surface area (Å²) < 4.78 is 16.8. The zero-order valence-corrected chi connectivity index (χ0v) is 12.4. The van der Waals surface area contributed by atoms with Gasteiger partial charge in [-0.1, -0.05) is 12.1 Å². The fraction of sp³-hybridized carbons (Fsp3) is 0.278. The number of fused-ring (bicyclic) bond motifs is 2. The monoisotopic (exact) mass is 295 g/mol. The number of methoxy groups -OCH3 is 1. The summed E-state index contributed by atoms with van der Waals surface area (Å²) in [4.78, 5) is 4.14. The molecule has 1 aromatic carbocycles. The second kappa shape index (κ2) is 5.37. The van der Waals surface area contributed by atoms with E-state index in [1.165, 1.54) is 17.5 Å². The molecule has 0 aromatic heterocycles. The van der Waals surface area contributed by atoms with Crippen molar-refractivity contribution in [1.82, 2.24) is 0 Å². The quantitative estimate of drug-likeness (QED) is 0.835. The Balaban J connectivity index is 1.73. The summed E-state index contributed by atoms with van der Waals surface area (Å²) in [5.74, 6) is 2.07. The average molecular weight is 295 g/mol. The standard InChI is InChI=1S/C18H17NO3/c1-20-14-6-4-12(5-7-14)15-9-13-3-2-8-21-17(13)16-10-19-11-22-18(15)16/h2,4-8,10-11,15,18H,3,9H2,1H3. The number of allylic oxidation sites excluding steroid dienone is 2. The molecule has 3 aliphatic rings. The Kier molecular flexibility index (Phi) is 3.22. The van der Waals surface area contributed by atoms with Crippen LogP contribution in [0.5, 0.6) is 5.75 Å². The number of nitrogens with zero attached hydrogens (tertiary/aromatic N) is 1. The molecule has 0 N–H and O–H groups in total. The molecule has 0 spiro atoms. The van der Waals surface area contributed by atoms with Crippen LogP contribution in [0.3, 0.4) is 0 Å². The van der Waals surface area contributed by atoms with Crippen LogP contribution in [0.4, 0.5) is 0 Å². The van der Waals surface area contributed by atoms with Crippen molar-refractivity contribution in [3.63, 3.8) is 0 Å². The van der Waals surface area contributed by atoms with Crippen molar-refractivity contribution in [3.05, 3.63) is 65.3 Å². The third-order valence-electron chi connectivity index (χ3n) is 4.39. The van der Waals surface area contributed by atoms with Gasteiger partial charge in [0.1, 0.15) is 17.6 Å². The van der Waals surface area contributed by atoms with Crippen LogP contribution in [0.15, 0.2) is 64.7 Å². The van der Waals surface area contributed by atoms with Crippen molar-refractivity contribution >= 4 is 6.40 Å². The smallest absolute Gasteiger partial charge is 0.174 e. The first-order chi connectivity index (χ1) is 10.9. The van der Waals surface area contributed by atoms with Gasteiger partial charge in [0.2, 0.25) is 0 Å². The van der Waals surface area contributed by atoms with Crippen LogP contribution in [-0.2, 0) is 9.47 Å². The zero-order chi connectivity index (χ0) is 14.9. The molecule has 0 saturated carbocycles. The first-order valence-corrected chi connectivity index (χ1v) is 7.42. The summed E-state index contributed by atoms with van der Waals surface area (Å²) in [6, 6.07) is 8.22. The Bertz CT molecular complexity index is 698. The predicted molar refractivity (Wildman–Crippen MR) is 83.7 cm³/mol. The van der Waals surface area contributed by atoms with Crippen molar-refractivity contribution in [2.75, 3.05) is 7.11 Å². The number of hydrogen-bond acceptors (Lipinski definition) is 4. The largest absolute Gasteiger partial charge is 0.497 e. The minimum absolute atomic E-state index is 0.0452. The molecule has 1 aliphatic carbocycles. The maximum absolute atomic E-state index is 5.83. The maximum Gasteiger partial charge on any atom is 0.174 e. The van der Waals surface area contributed by atoms with Gasteiger partial charge in [0.05, 0.1) is 18.9 Å². The summed E-state index contributed by atoms with van der Waals surface area (Å²) in [6.45, 7) is 0. The molecule has 0 saturated heterocycles. The lowest BCUT2D eigenvalue weighted by molar-refractivity contribution is 0.172. The van der Waals surface area contributed by atoms with Crippen LogP contribution in [0.2, 0.25) is 0 Å². The van der Waals surface area contributed by atoms with Gasteiger partial charge in [-0.05, 0) is 42.2 Å². The van der Waals surface area contributed by atoms with Crippen LogP contribution in [-0.4, -0.2) is 19.6 Å². The van der Waals surface area contributed by atoms with Crippen LogP contribution in [0, 0.1) is 0 Å². The lowest BCUT2D eigenvalue weighted by atomic mass is 9.77. The molecule has 4 rings (SSSR count). The Labute approximate surface area is 129 Å². The zero-order valence-electron chi connectivity index (χ0n) is 12.4. The van der Waals surface area contributed by atoms with Crippen LogP contribution < -0.4 is 4.74 Å². The fourth-order valence-corrected chi connectivity index (χ4v) is 3.30. The van der Waals surface area contributed by atoms with E-state index in [0.717, 1.165) is 29.9 Å². The molecule has 2 aliphatic heterocycles. The molecule has 0 amide bonds. The van der Waals surface area contributed by atoms with Gasteiger partial charge in [-0.2, -0.15) is 0 Å². The van der Waals surface area contributed by atoms with E-state index in [2.05, 4.69) is 23.2 Å². The SMILES string of the molecule is COc1ccc(C2CC3=C(OC=CC3)C3=CN=COC32)cc1. The van der Waals surface area contributed by atoms with E-state index in [-0.39, 0.29) is 12.0 Å². The summed E-state index contributed by atoms with van der Waals surface area (Å²) in [6.07, 6.45) is 9.00. The first-order valence-electron chi connectivity index (χ1n) is 7.42. The number of aliphatic imine (C=N–C) groups is 1. The maximum atomic E-state index is 5.83. The van der Waals surface area contributed by atoms with E-state index in [4.69, 9.17) is 14.2 Å². The summed E-state index contributed by atoms with van der Waals surface area (Å²) in [7, 11) is 1.68. The molecule has 2 heterocycles. The highest BCUT2D eigenvalue weighted by Crippen LogP contribution is 2.45. The minimum Gasteiger partial charge on any atom is -0.497 e. The molecule has 0 bridgehead atoms. The molecule has 112 valence electrons. The van der Waals surface area contributed by atoms with Gasteiger partial charge in [-0.15, -0.1) is 0 Å². The second-order valence-corrected chi connectivity index (χ2v) is 5.61. The van der Waals surface area contributed by atoms with Gasteiger partial charge < -0.3 is 14.2 Å². The van der Waals surface area contributed by atoms with E-state index < -0.39 is 0 Å². The van der Waals surface area contributed by atoms with Gasteiger partial charge in [0, 0.05) is 12.1 Å².